The first kappa shape index (κ1) is 42.3. The second-order valence-corrected chi connectivity index (χ2v) is 11.7. The maximum Gasteiger partial charge on any atom is 3.00 e. The second-order valence-electron chi connectivity index (χ2n) is 11.7. The van der Waals surface area contributed by atoms with E-state index >= 15 is 0 Å². The molecule has 3 fully saturated rings. The second kappa shape index (κ2) is 21.2. The maximum absolute atomic E-state index is 11.5. The zero-order valence-electron chi connectivity index (χ0n) is 27.8. The van der Waals surface area contributed by atoms with Crippen molar-refractivity contribution in [3.8, 4) is 0 Å². The minimum absolute atomic E-state index is 0. The minimum Gasteiger partial charge on any atom is -0.348 e. The molecule has 0 aromatic heterocycles. The van der Waals surface area contributed by atoms with Gasteiger partial charge in [-0.2, -0.15) is 0 Å². The molecule has 257 valence electrons. The van der Waals surface area contributed by atoms with Crippen LogP contribution >= 0.6 is 0 Å². The number of rotatable bonds is 9. The number of hydrogen-bond acceptors (Lipinski definition) is 9. The topological polar surface area (TPSA) is 173 Å². The Kier molecular flexibility index (Phi) is 19.5. The van der Waals surface area contributed by atoms with Gasteiger partial charge in [-0.1, -0.05) is 0 Å². The van der Waals surface area contributed by atoms with Gasteiger partial charge in [-0.15, -0.1) is 0 Å². The third kappa shape index (κ3) is 14.6. The van der Waals surface area contributed by atoms with E-state index in [2.05, 4.69) is 0 Å². The Morgan fingerprint density at radius 2 is 0.565 bits per heavy atom. The number of likely N-dealkylation sites (tertiary alicyclic amines) is 3. The zero-order chi connectivity index (χ0) is 34.3. The van der Waals surface area contributed by atoms with Crippen molar-refractivity contribution in [1.82, 2.24) is 29.4 Å². The Morgan fingerprint density at radius 3 is 0.717 bits per heavy atom. The van der Waals surface area contributed by atoms with Crippen molar-refractivity contribution in [3.05, 3.63) is 0 Å². The van der Waals surface area contributed by atoms with Gasteiger partial charge in [-0.05, 0) is 38.5 Å². The predicted molar refractivity (Wildman–Crippen MR) is 162 cm³/mol. The van der Waals surface area contributed by atoms with Gasteiger partial charge < -0.3 is 29.4 Å². The minimum atomic E-state index is -0.601. The number of nitrogens with zero attached hydrogens (tertiary/aromatic N) is 6. The van der Waals surface area contributed by atoms with Gasteiger partial charge in [0.25, 0.3) is 17.7 Å². The molecule has 15 nitrogen and oxygen atoms in total. The molecule has 0 spiro atoms. The van der Waals surface area contributed by atoms with Crippen LogP contribution in [0.5, 0.6) is 0 Å². The van der Waals surface area contributed by atoms with Gasteiger partial charge in [0.05, 0.1) is 19.3 Å². The predicted octanol–water partition coefficient (Wildman–Crippen LogP) is -1.03. The fraction of sp³-hybridized carbons (Fsp3) is 0.700. The van der Waals surface area contributed by atoms with E-state index in [4.69, 9.17) is 0 Å². The standard InChI is InChI=1S/3C10H16N2O3.Fe/c3*1-11(2)9(14)7-8(13)10(15)12-5-3-4-6-12;/h3*3-7H2,1-2H3;/q;;;+3. The van der Waals surface area contributed by atoms with Gasteiger partial charge in [0.1, 0.15) is 0 Å². The first-order valence-electron chi connectivity index (χ1n) is 15.1. The summed E-state index contributed by atoms with van der Waals surface area (Å²) in [4.78, 5) is 111. The van der Waals surface area contributed by atoms with E-state index in [-0.39, 0.29) is 54.1 Å². The molecule has 3 heterocycles. The molecular weight excluding hydrogens is 644 g/mol. The van der Waals surface area contributed by atoms with Gasteiger partial charge in [0.15, 0.2) is 0 Å². The third-order valence-corrected chi connectivity index (χ3v) is 7.33. The summed E-state index contributed by atoms with van der Waals surface area (Å²) in [5, 5.41) is 0. The molecule has 0 aromatic rings. The molecule has 6 amide bonds. The zero-order valence-corrected chi connectivity index (χ0v) is 28.9. The van der Waals surface area contributed by atoms with Crippen LogP contribution in [0.2, 0.25) is 0 Å². The molecule has 1 radical (unpaired) electrons. The normalized spacial score (nSPS) is 14.9. The first-order chi connectivity index (χ1) is 21.1. The summed E-state index contributed by atoms with van der Waals surface area (Å²) in [5.41, 5.74) is 0. The Bertz CT molecular complexity index is 986. The SMILES string of the molecule is CN(C)C(=O)CC(=O)C(=O)N1CCCC1.CN(C)C(=O)CC(=O)C(=O)N1CCCC1.CN(C)C(=O)CC(=O)C(=O)N1CCCC1.[Fe+3]. The van der Waals surface area contributed by atoms with Crippen molar-refractivity contribution in [2.24, 2.45) is 0 Å². The van der Waals surface area contributed by atoms with Crippen LogP contribution < -0.4 is 0 Å². The maximum atomic E-state index is 11.5. The number of amides is 6. The molecule has 3 saturated heterocycles. The van der Waals surface area contributed by atoms with Gasteiger partial charge >= 0.3 is 17.1 Å². The molecule has 46 heavy (non-hydrogen) atoms. The average Bonchev–Trinajstić information content (AvgIpc) is 3.80. The van der Waals surface area contributed by atoms with Crippen LogP contribution in [-0.2, 0) is 60.2 Å². The summed E-state index contributed by atoms with van der Waals surface area (Å²) in [6.45, 7) is 3.84. The third-order valence-electron chi connectivity index (χ3n) is 7.33. The van der Waals surface area contributed by atoms with E-state index in [0.29, 0.717) is 39.3 Å². The van der Waals surface area contributed by atoms with Gasteiger partial charge in [0.2, 0.25) is 35.1 Å². The summed E-state index contributed by atoms with van der Waals surface area (Å²) in [7, 11) is 9.39. The van der Waals surface area contributed by atoms with Crippen LogP contribution in [0.25, 0.3) is 0 Å². The van der Waals surface area contributed by atoms with Crippen LogP contribution in [0.4, 0.5) is 0 Å². The van der Waals surface area contributed by atoms with E-state index < -0.39 is 35.1 Å². The Balaban J connectivity index is 0.000000653. The number of hydrogen-bond donors (Lipinski definition) is 0. The van der Waals surface area contributed by atoms with Crippen molar-refractivity contribution < 1.29 is 60.2 Å². The van der Waals surface area contributed by atoms with Gasteiger partial charge in [-0.3, -0.25) is 43.2 Å². The summed E-state index contributed by atoms with van der Waals surface area (Å²) in [6, 6.07) is 0. The molecule has 0 bridgehead atoms. The Hall–Kier alpha value is -3.65. The fourth-order valence-corrected chi connectivity index (χ4v) is 4.40. The molecule has 0 aliphatic carbocycles. The van der Waals surface area contributed by atoms with Crippen LogP contribution in [0.1, 0.15) is 57.8 Å². The molecular formula is C30H48FeN6O9+3. The van der Waals surface area contributed by atoms with Crippen molar-refractivity contribution in [2.75, 3.05) is 81.6 Å². The first-order valence-corrected chi connectivity index (χ1v) is 15.1. The number of carbonyl (C=O) groups excluding carboxylic acids is 9. The van der Waals surface area contributed by atoms with E-state index in [0.717, 1.165) is 38.5 Å². The number of Topliss-reactive ketones (excluding diaryl/α,β-unsaturated/α-hetero) is 3. The molecule has 16 heteroatoms. The Labute approximate surface area is 281 Å². The van der Waals surface area contributed by atoms with Crippen LogP contribution in [-0.4, -0.2) is 164 Å². The monoisotopic (exact) mass is 692 g/mol. The Morgan fingerprint density at radius 1 is 0.391 bits per heavy atom. The molecule has 0 atom stereocenters. The van der Waals surface area contributed by atoms with E-state index in [1.807, 2.05) is 0 Å². The van der Waals surface area contributed by atoms with Gasteiger partial charge in [-0.25, -0.2) is 0 Å². The molecule has 0 aromatic carbocycles. The van der Waals surface area contributed by atoms with Gasteiger partial charge in [0, 0.05) is 81.6 Å². The largest absolute Gasteiger partial charge is 3.00 e. The molecule has 3 aliphatic heterocycles. The van der Waals surface area contributed by atoms with Crippen molar-refractivity contribution in [2.45, 2.75) is 57.8 Å². The molecule has 0 saturated carbocycles. The summed E-state index contributed by atoms with van der Waals surface area (Å²) in [5.74, 6) is -4.32. The number of carbonyl (C=O) groups is 9. The van der Waals surface area contributed by atoms with Crippen molar-refractivity contribution in [3.63, 3.8) is 0 Å². The van der Waals surface area contributed by atoms with Crippen LogP contribution in [0.3, 0.4) is 0 Å². The quantitative estimate of drug-likeness (QED) is 0.166. The summed E-state index contributed by atoms with van der Waals surface area (Å²) >= 11 is 0. The number of ketones is 3. The van der Waals surface area contributed by atoms with E-state index in [9.17, 15) is 43.2 Å². The molecule has 3 aliphatic rings. The summed E-state index contributed by atoms with van der Waals surface area (Å²) < 4.78 is 0. The average molecular weight is 693 g/mol. The smallest absolute Gasteiger partial charge is 0.348 e. The fourth-order valence-electron chi connectivity index (χ4n) is 4.40. The molecule has 0 unspecified atom stereocenters. The van der Waals surface area contributed by atoms with Crippen molar-refractivity contribution >= 4 is 52.8 Å². The van der Waals surface area contributed by atoms with Crippen molar-refractivity contribution in [1.29, 1.82) is 0 Å². The molecule has 3 rings (SSSR count). The summed E-state index contributed by atoms with van der Waals surface area (Å²) in [6.07, 6.45) is 4.72. The molecule has 0 N–H and O–H groups in total. The van der Waals surface area contributed by atoms with Crippen LogP contribution in [0.15, 0.2) is 0 Å². The van der Waals surface area contributed by atoms with E-state index in [1.54, 1.807) is 42.3 Å². The van der Waals surface area contributed by atoms with Crippen LogP contribution in [0, 0.1) is 0 Å². The van der Waals surface area contributed by atoms with E-state index in [1.165, 1.54) is 29.4 Å².